The van der Waals surface area contributed by atoms with Crippen molar-refractivity contribution in [1.82, 2.24) is 10.2 Å². The Hall–Kier alpha value is -1.35. The summed E-state index contributed by atoms with van der Waals surface area (Å²) in [7, 11) is 0. The van der Waals surface area contributed by atoms with E-state index in [-0.39, 0.29) is 17.9 Å². The molecule has 1 amide bonds. The molecule has 2 rings (SSSR count). The SMILES string of the molecule is CC(C)C(=O)NC(Cc1ccccc1)CN1CCCC1. The number of hydrogen-bond acceptors (Lipinski definition) is 2. The lowest BCUT2D eigenvalue weighted by Crippen LogP contribution is -2.45. The number of carbonyl (C=O) groups is 1. The number of amides is 1. The van der Waals surface area contributed by atoms with Gasteiger partial charge in [-0.3, -0.25) is 4.79 Å². The molecule has 110 valence electrons. The molecule has 0 aromatic heterocycles. The van der Waals surface area contributed by atoms with Gasteiger partial charge in [-0.1, -0.05) is 44.2 Å². The summed E-state index contributed by atoms with van der Waals surface area (Å²) in [4.78, 5) is 14.5. The Kier molecular flexibility index (Phi) is 5.60. The largest absolute Gasteiger partial charge is 0.352 e. The van der Waals surface area contributed by atoms with Crippen molar-refractivity contribution in [3.63, 3.8) is 0 Å². The van der Waals surface area contributed by atoms with Gasteiger partial charge in [0.15, 0.2) is 0 Å². The molecule has 1 aliphatic rings. The third kappa shape index (κ3) is 4.64. The van der Waals surface area contributed by atoms with Crippen LogP contribution in [0.4, 0.5) is 0 Å². The van der Waals surface area contributed by atoms with Crippen LogP contribution in [0.25, 0.3) is 0 Å². The zero-order chi connectivity index (χ0) is 14.4. The zero-order valence-electron chi connectivity index (χ0n) is 12.6. The van der Waals surface area contributed by atoms with E-state index < -0.39 is 0 Å². The summed E-state index contributed by atoms with van der Waals surface area (Å²) >= 11 is 0. The van der Waals surface area contributed by atoms with Crippen molar-refractivity contribution in [3.05, 3.63) is 35.9 Å². The van der Waals surface area contributed by atoms with Crippen molar-refractivity contribution >= 4 is 5.91 Å². The van der Waals surface area contributed by atoms with E-state index in [2.05, 4.69) is 34.5 Å². The molecule has 0 radical (unpaired) electrons. The third-order valence-corrected chi connectivity index (χ3v) is 3.87. The van der Waals surface area contributed by atoms with Crippen molar-refractivity contribution in [2.75, 3.05) is 19.6 Å². The molecule has 0 saturated carbocycles. The number of hydrogen-bond donors (Lipinski definition) is 1. The van der Waals surface area contributed by atoms with Crippen molar-refractivity contribution in [1.29, 1.82) is 0 Å². The second kappa shape index (κ2) is 7.44. The molecule has 3 nitrogen and oxygen atoms in total. The Bertz CT molecular complexity index is 410. The summed E-state index contributed by atoms with van der Waals surface area (Å²) in [6.07, 6.45) is 3.49. The Balaban J connectivity index is 1.96. The molecule has 1 heterocycles. The van der Waals surface area contributed by atoms with Crippen LogP contribution in [-0.2, 0) is 11.2 Å². The highest BCUT2D eigenvalue weighted by atomic mass is 16.1. The first-order valence-electron chi connectivity index (χ1n) is 7.72. The molecule has 0 aliphatic carbocycles. The molecule has 1 atom stereocenters. The van der Waals surface area contributed by atoms with Gasteiger partial charge in [0.2, 0.25) is 5.91 Å². The van der Waals surface area contributed by atoms with E-state index in [0.29, 0.717) is 0 Å². The number of carbonyl (C=O) groups excluding carboxylic acids is 1. The van der Waals surface area contributed by atoms with Crippen LogP contribution in [0, 0.1) is 5.92 Å². The van der Waals surface area contributed by atoms with Gasteiger partial charge in [-0.25, -0.2) is 0 Å². The molecule has 1 fully saturated rings. The van der Waals surface area contributed by atoms with Crippen LogP contribution in [-0.4, -0.2) is 36.5 Å². The highest BCUT2D eigenvalue weighted by Crippen LogP contribution is 2.11. The monoisotopic (exact) mass is 274 g/mol. The van der Waals surface area contributed by atoms with Gasteiger partial charge >= 0.3 is 0 Å². The van der Waals surface area contributed by atoms with Gasteiger partial charge in [-0.15, -0.1) is 0 Å². The molecule has 1 aliphatic heterocycles. The Labute approximate surface area is 122 Å². The molecule has 0 spiro atoms. The molecule has 0 bridgehead atoms. The van der Waals surface area contributed by atoms with Crippen LogP contribution in [0.15, 0.2) is 30.3 Å². The smallest absolute Gasteiger partial charge is 0.222 e. The van der Waals surface area contributed by atoms with Gasteiger partial charge in [0.1, 0.15) is 0 Å². The van der Waals surface area contributed by atoms with Gasteiger partial charge in [0, 0.05) is 18.5 Å². The molecule has 1 saturated heterocycles. The van der Waals surface area contributed by atoms with Crippen LogP contribution in [0.5, 0.6) is 0 Å². The van der Waals surface area contributed by atoms with Crippen LogP contribution in [0.1, 0.15) is 32.3 Å². The zero-order valence-corrected chi connectivity index (χ0v) is 12.6. The minimum atomic E-state index is 0.0480. The molecule has 20 heavy (non-hydrogen) atoms. The number of rotatable bonds is 6. The molecule has 1 N–H and O–H groups in total. The van der Waals surface area contributed by atoms with E-state index >= 15 is 0 Å². The van der Waals surface area contributed by atoms with Crippen molar-refractivity contribution in [3.8, 4) is 0 Å². The molecular formula is C17H26N2O. The average Bonchev–Trinajstić information content (AvgIpc) is 2.92. The predicted octanol–water partition coefficient (Wildman–Crippen LogP) is 2.47. The molecule has 1 aromatic rings. The lowest BCUT2D eigenvalue weighted by molar-refractivity contribution is -0.124. The van der Waals surface area contributed by atoms with Gasteiger partial charge < -0.3 is 10.2 Å². The Morgan fingerprint density at radius 2 is 1.85 bits per heavy atom. The average molecular weight is 274 g/mol. The van der Waals surface area contributed by atoms with Gasteiger partial charge in [-0.2, -0.15) is 0 Å². The number of benzene rings is 1. The lowest BCUT2D eigenvalue weighted by atomic mass is 10.0. The highest BCUT2D eigenvalue weighted by Gasteiger charge is 2.20. The normalized spacial score (nSPS) is 17.4. The predicted molar refractivity (Wildman–Crippen MR) is 82.6 cm³/mol. The van der Waals surface area contributed by atoms with Crippen LogP contribution < -0.4 is 5.32 Å². The van der Waals surface area contributed by atoms with E-state index in [1.807, 2.05) is 19.9 Å². The second-order valence-corrected chi connectivity index (χ2v) is 6.06. The fraction of sp³-hybridized carbons (Fsp3) is 0.588. The fourth-order valence-corrected chi connectivity index (χ4v) is 2.70. The minimum Gasteiger partial charge on any atom is -0.352 e. The standard InChI is InChI=1S/C17H26N2O/c1-14(2)17(20)18-16(13-19-10-6-7-11-19)12-15-8-4-3-5-9-15/h3-5,8-9,14,16H,6-7,10-13H2,1-2H3,(H,18,20). The third-order valence-electron chi connectivity index (χ3n) is 3.87. The summed E-state index contributed by atoms with van der Waals surface area (Å²) in [6.45, 7) is 7.20. The van der Waals surface area contributed by atoms with Crippen molar-refractivity contribution in [2.24, 2.45) is 5.92 Å². The highest BCUT2D eigenvalue weighted by molar-refractivity contribution is 5.78. The number of nitrogens with one attached hydrogen (secondary N) is 1. The van der Waals surface area contributed by atoms with E-state index in [9.17, 15) is 4.79 Å². The molecule has 3 heteroatoms. The van der Waals surface area contributed by atoms with E-state index in [1.54, 1.807) is 0 Å². The molecular weight excluding hydrogens is 248 g/mol. The summed E-state index contributed by atoms with van der Waals surface area (Å²) in [5, 5.41) is 3.21. The Morgan fingerprint density at radius 1 is 1.20 bits per heavy atom. The second-order valence-electron chi connectivity index (χ2n) is 6.06. The van der Waals surface area contributed by atoms with Gasteiger partial charge in [-0.05, 0) is 37.9 Å². The summed E-state index contributed by atoms with van der Waals surface area (Å²) < 4.78 is 0. The fourth-order valence-electron chi connectivity index (χ4n) is 2.70. The van der Waals surface area contributed by atoms with E-state index in [1.165, 1.54) is 31.5 Å². The maximum atomic E-state index is 12.0. The number of nitrogens with zero attached hydrogens (tertiary/aromatic N) is 1. The van der Waals surface area contributed by atoms with Crippen molar-refractivity contribution < 1.29 is 4.79 Å². The summed E-state index contributed by atoms with van der Waals surface area (Å²) in [5.74, 6) is 0.206. The van der Waals surface area contributed by atoms with E-state index in [0.717, 1.165) is 13.0 Å². The van der Waals surface area contributed by atoms with Crippen LogP contribution in [0.3, 0.4) is 0 Å². The Morgan fingerprint density at radius 3 is 2.45 bits per heavy atom. The van der Waals surface area contributed by atoms with Crippen molar-refractivity contribution in [2.45, 2.75) is 39.2 Å². The minimum absolute atomic E-state index is 0.0480. The molecule has 1 unspecified atom stereocenters. The molecule has 1 aromatic carbocycles. The van der Waals surface area contributed by atoms with Gasteiger partial charge in [0.25, 0.3) is 0 Å². The van der Waals surface area contributed by atoms with Crippen LogP contribution >= 0.6 is 0 Å². The van der Waals surface area contributed by atoms with Gasteiger partial charge in [0.05, 0.1) is 0 Å². The van der Waals surface area contributed by atoms with Crippen LogP contribution in [0.2, 0.25) is 0 Å². The topological polar surface area (TPSA) is 32.3 Å². The first kappa shape index (κ1) is 15.0. The lowest BCUT2D eigenvalue weighted by Gasteiger charge is -2.25. The first-order chi connectivity index (χ1) is 9.65. The summed E-state index contributed by atoms with van der Waals surface area (Å²) in [6, 6.07) is 10.6. The quantitative estimate of drug-likeness (QED) is 0.864. The number of likely N-dealkylation sites (tertiary alicyclic amines) is 1. The summed E-state index contributed by atoms with van der Waals surface area (Å²) in [5.41, 5.74) is 1.29. The first-order valence-corrected chi connectivity index (χ1v) is 7.72. The maximum Gasteiger partial charge on any atom is 0.222 e. The maximum absolute atomic E-state index is 12.0. The van der Waals surface area contributed by atoms with E-state index in [4.69, 9.17) is 0 Å².